The van der Waals surface area contributed by atoms with Crippen LogP contribution in [0.2, 0.25) is 0 Å². The third-order valence-corrected chi connectivity index (χ3v) is 8.65. The molecule has 1 saturated heterocycles. The fourth-order valence-corrected chi connectivity index (χ4v) is 6.78. The SMILES string of the molecule is O=C(Nc1ccc(C(=O)C2CC(Cl)=CC3=CNC=C4CSCCN4C32)cc1)c1ccccc1-c1ccccc1. The molecule has 7 heteroatoms. The number of nitrogens with one attached hydrogen (secondary N) is 2. The molecule has 0 aromatic heterocycles. The summed E-state index contributed by atoms with van der Waals surface area (Å²) in [6, 6.07) is 24.6. The molecule has 2 unspecified atom stereocenters. The summed E-state index contributed by atoms with van der Waals surface area (Å²) in [6.45, 7) is 0.894. The molecule has 3 aromatic rings. The van der Waals surface area contributed by atoms with Crippen LogP contribution in [0.15, 0.2) is 114 Å². The van der Waals surface area contributed by atoms with Crippen LogP contribution in [0.5, 0.6) is 0 Å². The summed E-state index contributed by atoms with van der Waals surface area (Å²) in [4.78, 5) is 29.4. The second-order valence-electron chi connectivity index (χ2n) is 9.85. The van der Waals surface area contributed by atoms with Crippen molar-refractivity contribution in [2.24, 2.45) is 5.92 Å². The molecule has 0 spiro atoms. The van der Waals surface area contributed by atoms with Crippen molar-refractivity contribution in [1.82, 2.24) is 10.2 Å². The van der Waals surface area contributed by atoms with Gasteiger partial charge < -0.3 is 15.5 Å². The van der Waals surface area contributed by atoms with E-state index >= 15 is 0 Å². The number of fused-ring (bicyclic) bond motifs is 3. The maximum Gasteiger partial charge on any atom is 0.256 e. The number of benzene rings is 3. The predicted octanol–water partition coefficient (Wildman–Crippen LogP) is 6.68. The van der Waals surface area contributed by atoms with Crippen molar-refractivity contribution < 1.29 is 9.59 Å². The summed E-state index contributed by atoms with van der Waals surface area (Å²) in [5.41, 5.74) is 5.94. The van der Waals surface area contributed by atoms with E-state index < -0.39 is 0 Å². The van der Waals surface area contributed by atoms with Gasteiger partial charge in [0, 0.05) is 58.0 Å². The first kappa shape index (κ1) is 25.5. The highest BCUT2D eigenvalue weighted by Crippen LogP contribution is 2.39. The normalized spacial score (nSPS) is 20.2. The third kappa shape index (κ3) is 5.27. The van der Waals surface area contributed by atoms with Gasteiger partial charge in [-0.15, -0.1) is 0 Å². The Labute approximate surface area is 237 Å². The lowest BCUT2D eigenvalue weighted by Crippen LogP contribution is -2.48. The molecule has 6 rings (SSSR count). The first-order valence-corrected chi connectivity index (χ1v) is 14.6. The minimum atomic E-state index is -0.293. The van der Waals surface area contributed by atoms with Gasteiger partial charge >= 0.3 is 0 Å². The molecule has 1 amide bonds. The van der Waals surface area contributed by atoms with E-state index in [0.29, 0.717) is 28.3 Å². The van der Waals surface area contributed by atoms with Crippen LogP contribution in [0.4, 0.5) is 5.69 Å². The van der Waals surface area contributed by atoms with E-state index in [-0.39, 0.29) is 23.7 Å². The van der Waals surface area contributed by atoms with Crippen molar-refractivity contribution in [1.29, 1.82) is 0 Å². The van der Waals surface area contributed by atoms with Crippen molar-refractivity contribution in [2.45, 2.75) is 12.5 Å². The minimum Gasteiger partial charge on any atom is -0.366 e. The fourth-order valence-electron chi connectivity index (χ4n) is 5.56. The number of allylic oxidation sites excluding steroid dienone is 1. The van der Waals surface area contributed by atoms with Gasteiger partial charge in [-0.1, -0.05) is 60.1 Å². The number of Topliss-reactive ketones (excluding diaryl/α,β-unsaturated/α-hetero) is 1. The molecular formula is C32H28ClN3O2S. The zero-order valence-corrected chi connectivity index (χ0v) is 22.8. The lowest BCUT2D eigenvalue weighted by molar-refractivity contribution is 0.0849. The van der Waals surface area contributed by atoms with Crippen LogP contribution in [0.3, 0.4) is 0 Å². The topological polar surface area (TPSA) is 61.4 Å². The van der Waals surface area contributed by atoms with Crippen LogP contribution >= 0.6 is 23.4 Å². The molecular weight excluding hydrogens is 526 g/mol. The van der Waals surface area contributed by atoms with Gasteiger partial charge in [0.2, 0.25) is 0 Å². The second kappa shape index (κ2) is 11.2. The minimum absolute atomic E-state index is 0.0592. The Morgan fingerprint density at radius 3 is 2.54 bits per heavy atom. The van der Waals surface area contributed by atoms with Crippen LogP contribution in [0.1, 0.15) is 27.1 Å². The smallest absolute Gasteiger partial charge is 0.256 e. The van der Waals surface area contributed by atoms with Crippen LogP contribution in [-0.2, 0) is 0 Å². The molecule has 1 fully saturated rings. The molecule has 5 nitrogen and oxygen atoms in total. The lowest BCUT2D eigenvalue weighted by atomic mass is 9.79. The van der Waals surface area contributed by atoms with Crippen LogP contribution in [-0.4, -0.2) is 40.7 Å². The standard InChI is InChI=1S/C32H28ClN3O2S/c33-24-16-23-18-34-19-26-20-39-15-14-36(26)30(23)29(17-24)31(37)22-10-12-25(13-11-22)35-32(38)28-9-5-4-8-27(28)21-6-2-1-3-7-21/h1-13,16,18-19,29-30,34H,14-15,17,20H2,(H,35,38). The van der Waals surface area contributed by atoms with Gasteiger partial charge in [0.05, 0.1) is 12.0 Å². The Hall–Kier alpha value is -3.74. The van der Waals surface area contributed by atoms with Gasteiger partial charge in [0.15, 0.2) is 5.78 Å². The number of halogens is 1. The molecule has 2 aliphatic heterocycles. The summed E-state index contributed by atoms with van der Waals surface area (Å²) in [6.07, 6.45) is 6.50. The van der Waals surface area contributed by atoms with Crippen LogP contribution in [0.25, 0.3) is 11.1 Å². The molecule has 1 aliphatic carbocycles. The van der Waals surface area contributed by atoms with Gasteiger partial charge in [-0.2, -0.15) is 11.8 Å². The van der Waals surface area contributed by atoms with Crippen molar-refractivity contribution in [2.75, 3.05) is 23.4 Å². The Kier molecular flexibility index (Phi) is 7.31. The third-order valence-electron chi connectivity index (χ3n) is 7.41. The van der Waals surface area contributed by atoms with Crippen LogP contribution < -0.4 is 10.6 Å². The molecule has 0 saturated carbocycles. The predicted molar refractivity (Wildman–Crippen MR) is 160 cm³/mol. The van der Waals surface area contributed by atoms with E-state index in [4.69, 9.17) is 11.6 Å². The molecule has 2 N–H and O–H groups in total. The summed E-state index contributed by atoms with van der Waals surface area (Å²) in [7, 11) is 0. The van der Waals surface area contributed by atoms with Crippen LogP contribution in [0, 0.1) is 5.92 Å². The number of amides is 1. The summed E-state index contributed by atoms with van der Waals surface area (Å²) < 4.78 is 0. The molecule has 39 heavy (non-hydrogen) atoms. The largest absolute Gasteiger partial charge is 0.366 e. The average Bonchev–Trinajstić information content (AvgIpc) is 3.16. The van der Waals surface area contributed by atoms with E-state index in [2.05, 4.69) is 15.5 Å². The number of thioether (sulfide) groups is 1. The van der Waals surface area contributed by atoms with Crippen molar-refractivity contribution in [3.8, 4) is 11.1 Å². The van der Waals surface area contributed by atoms with E-state index in [1.807, 2.05) is 84.8 Å². The average molecular weight is 554 g/mol. The highest BCUT2D eigenvalue weighted by atomic mass is 35.5. The van der Waals surface area contributed by atoms with E-state index in [0.717, 1.165) is 34.8 Å². The monoisotopic (exact) mass is 553 g/mol. The number of hydrogen-bond donors (Lipinski definition) is 2. The summed E-state index contributed by atoms with van der Waals surface area (Å²) in [5, 5.41) is 6.97. The number of rotatable bonds is 5. The number of nitrogens with zero attached hydrogens (tertiary/aromatic N) is 1. The lowest BCUT2D eigenvalue weighted by Gasteiger charge is -2.42. The quantitative estimate of drug-likeness (QED) is 0.345. The zero-order valence-electron chi connectivity index (χ0n) is 21.3. The molecule has 196 valence electrons. The van der Waals surface area contributed by atoms with Gasteiger partial charge in [0.25, 0.3) is 5.91 Å². The number of anilines is 1. The van der Waals surface area contributed by atoms with Crippen molar-refractivity contribution in [3.05, 3.63) is 125 Å². The fraction of sp³-hybridized carbons (Fsp3) is 0.188. The number of carbonyl (C=O) groups excluding carboxylic acids is 2. The molecule has 2 heterocycles. The van der Waals surface area contributed by atoms with Crippen molar-refractivity contribution >= 4 is 40.7 Å². The second-order valence-corrected chi connectivity index (χ2v) is 11.4. The Bertz CT molecular complexity index is 1500. The number of carbonyl (C=O) groups is 2. The van der Waals surface area contributed by atoms with E-state index in [1.165, 1.54) is 5.70 Å². The van der Waals surface area contributed by atoms with Gasteiger partial charge in [0.1, 0.15) is 0 Å². The van der Waals surface area contributed by atoms with E-state index in [9.17, 15) is 9.59 Å². The van der Waals surface area contributed by atoms with E-state index in [1.54, 1.807) is 24.3 Å². The first-order valence-electron chi connectivity index (χ1n) is 13.0. The zero-order chi connectivity index (χ0) is 26.8. The Morgan fingerprint density at radius 2 is 1.72 bits per heavy atom. The number of hydrogen-bond acceptors (Lipinski definition) is 5. The molecule has 2 atom stereocenters. The number of ketones is 1. The highest BCUT2D eigenvalue weighted by Gasteiger charge is 2.40. The van der Waals surface area contributed by atoms with Gasteiger partial charge in [-0.3, -0.25) is 9.59 Å². The van der Waals surface area contributed by atoms with Crippen molar-refractivity contribution in [3.63, 3.8) is 0 Å². The Morgan fingerprint density at radius 1 is 0.949 bits per heavy atom. The maximum atomic E-state index is 13.9. The van der Waals surface area contributed by atoms with Gasteiger partial charge in [-0.25, -0.2) is 0 Å². The molecule has 3 aliphatic rings. The highest BCUT2D eigenvalue weighted by molar-refractivity contribution is 7.99. The molecule has 0 radical (unpaired) electrons. The first-order chi connectivity index (χ1) is 19.1. The maximum absolute atomic E-state index is 13.9. The van der Waals surface area contributed by atoms with Gasteiger partial charge in [-0.05, 0) is 59.5 Å². The molecule has 0 bridgehead atoms. The summed E-state index contributed by atoms with van der Waals surface area (Å²) in [5.74, 6) is 1.52. The molecule has 3 aromatic carbocycles. The summed E-state index contributed by atoms with van der Waals surface area (Å²) >= 11 is 8.45. The Balaban J connectivity index is 1.22.